The number of rotatable bonds is 5. The third-order valence-corrected chi connectivity index (χ3v) is 6.47. The van der Waals surface area contributed by atoms with E-state index in [1.165, 1.54) is 39.0 Å². The van der Waals surface area contributed by atoms with Crippen molar-refractivity contribution in [1.82, 2.24) is 14.7 Å². The standard InChI is InChI=1S/C20H36N4O/c1-18(2)23-14-12-22(13-15-23)9-6-11-24-10-5-8-20(19(24)17-21)7-3-4-16-25-20/h18-19H,3-16H2,1-2H3/t19-,20-/m1/s1. The molecule has 0 saturated carbocycles. The second-order valence-electron chi connectivity index (χ2n) is 8.37. The molecule has 0 bridgehead atoms. The highest BCUT2D eigenvalue weighted by molar-refractivity contribution is 5.10. The Bertz CT molecular complexity index is 442. The second kappa shape index (κ2) is 8.81. The fourth-order valence-corrected chi connectivity index (χ4v) is 4.91. The summed E-state index contributed by atoms with van der Waals surface area (Å²) in [5.41, 5.74) is -0.172. The molecular weight excluding hydrogens is 312 g/mol. The molecule has 0 aromatic carbocycles. The molecule has 5 nitrogen and oxygen atoms in total. The van der Waals surface area contributed by atoms with E-state index in [1.807, 2.05) is 0 Å². The summed E-state index contributed by atoms with van der Waals surface area (Å²) >= 11 is 0. The molecule has 2 atom stereocenters. The first-order valence-corrected chi connectivity index (χ1v) is 10.4. The first-order chi connectivity index (χ1) is 12.1. The summed E-state index contributed by atoms with van der Waals surface area (Å²) in [5.74, 6) is 0. The lowest BCUT2D eigenvalue weighted by atomic mass is 9.79. The zero-order chi connectivity index (χ0) is 17.7. The largest absolute Gasteiger partial charge is 0.372 e. The number of nitrogens with zero attached hydrogens (tertiary/aromatic N) is 4. The maximum atomic E-state index is 9.82. The highest BCUT2D eigenvalue weighted by Crippen LogP contribution is 2.38. The van der Waals surface area contributed by atoms with Crippen molar-refractivity contribution in [3.8, 4) is 6.07 Å². The van der Waals surface area contributed by atoms with Gasteiger partial charge in [0.15, 0.2) is 0 Å². The molecule has 0 aliphatic carbocycles. The van der Waals surface area contributed by atoms with Gasteiger partial charge in [0, 0.05) is 45.4 Å². The number of ether oxygens (including phenoxy) is 1. The molecule has 3 heterocycles. The van der Waals surface area contributed by atoms with Gasteiger partial charge in [0.05, 0.1) is 11.7 Å². The van der Waals surface area contributed by atoms with Crippen molar-refractivity contribution in [3.05, 3.63) is 0 Å². The lowest BCUT2D eigenvalue weighted by Gasteiger charge is -2.48. The predicted octanol–water partition coefficient (Wildman–Crippen LogP) is 2.33. The van der Waals surface area contributed by atoms with Gasteiger partial charge in [0.2, 0.25) is 0 Å². The van der Waals surface area contributed by atoms with Gasteiger partial charge in [-0.3, -0.25) is 9.80 Å². The van der Waals surface area contributed by atoms with E-state index in [0.717, 1.165) is 51.9 Å². The van der Waals surface area contributed by atoms with Crippen LogP contribution >= 0.6 is 0 Å². The summed E-state index contributed by atoms with van der Waals surface area (Å²) < 4.78 is 6.19. The van der Waals surface area contributed by atoms with Gasteiger partial charge in [0.25, 0.3) is 0 Å². The second-order valence-corrected chi connectivity index (χ2v) is 8.37. The highest BCUT2D eigenvalue weighted by Gasteiger charge is 2.46. The molecular formula is C20H36N4O. The van der Waals surface area contributed by atoms with Gasteiger partial charge >= 0.3 is 0 Å². The third kappa shape index (κ3) is 4.54. The van der Waals surface area contributed by atoms with Crippen molar-refractivity contribution >= 4 is 0 Å². The number of piperidine rings is 1. The molecule has 0 aromatic heterocycles. The fourth-order valence-electron chi connectivity index (χ4n) is 4.91. The Morgan fingerprint density at radius 3 is 2.44 bits per heavy atom. The summed E-state index contributed by atoms with van der Waals surface area (Å²) in [6.45, 7) is 13.4. The van der Waals surface area contributed by atoms with Crippen molar-refractivity contribution in [1.29, 1.82) is 5.26 Å². The molecule has 0 radical (unpaired) electrons. The van der Waals surface area contributed by atoms with Crippen molar-refractivity contribution < 1.29 is 4.74 Å². The Balaban J connectivity index is 1.45. The predicted molar refractivity (Wildman–Crippen MR) is 101 cm³/mol. The molecule has 0 aromatic rings. The quantitative estimate of drug-likeness (QED) is 0.763. The molecule has 3 aliphatic rings. The minimum Gasteiger partial charge on any atom is -0.372 e. The third-order valence-electron chi connectivity index (χ3n) is 6.47. The van der Waals surface area contributed by atoms with Crippen LogP contribution in [0.5, 0.6) is 0 Å². The minimum absolute atomic E-state index is 0.0423. The van der Waals surface area contributed by atoms with Gasteiger partial charge in [0.1, 0.15) is 6.04 Å². The maximum Gasteiger partial charge on any atom is 0.127 e. The van der Waals surface area contributed by atoms with Gasteiger partial charge < -0.3 is 9.64 Å². The molecule has 5 heteroatoms. The van der Waals surface area contributed by atoms with E-state index in [9.17, 15) is 5.26 Å². The van der Waals surface area contributed by atoms with Crippen LogP contribution in [0, 0.1) is 11.3 Å². The van der Waals surface area contributed by atoms with Crippen molar-refractivity contribution in [2.75, 3.05) is 52.4 Å². The highest BCUT2D eigenvalue weighted by atomic mass is 16.5. The summed E-state index contributed by atoms with van der Waals surface area (Å²) in [5, 5.41) is 9.82. The maximum absolute atomic E-state index is 9.82. The molecule has 25 heavy (non-hydrogen) atoms. The number of nitriles is 1. The van der Waals surface area contributed by atoms with Crippen LogP contribution < -0.4 is 0 Å². The fraction of sp³-hybridized carbons (Fsp3) is 0.950. The van der Waals surface area contributed by atoms with E-state index in [1.54, 1.807) is 0 Å². The lowest BCUT2D eigenvalue weighted by Crippen LogP contribution is -2.59. The van der Waals surface area contributed by atoms with Crippen molar-refractivity contribution in [2.24, 2.45) is 0 Å². The number of likely N-dealkylation sites (tertiary alicyclic amines) is 1. The topological polar surface area (TPSA) is 42.7 Å². The molecule has 1 spiro atoms. The van der Waals surface area contributed by atoms with Crippen LogP contribution in [0.3, 0.4) is 0 Å². The van der Waals surface area contributed by atoms with E-state index in [0.29, 0.717) is 6.04 Å². The van der Waals surface area contributed by atoms with Gasteiger partial charge in [-0.2, -0.15) is 5.26 Å². The average Bonchev–Trinajstić information content (AvgIpc) is 2.63. The van der Waals surface area contributed by atoms with E-state index in [-0.39, 0.29) is 11.6 Å². The molecule has 0 unspecified atom stereocenters. The molecule has 3 aliphatic heterocycles. The molecule has 3 saturated heterocycles. The molecule has 0 amide bonds. The molecule has 0 N–H and O–H groups in total. The van der Waals surface area contributed by atoms with Crippen LogP contribution in [0.4, 0.5) is 0 Å². The minimum atomic E-state index is -0.172. The normalized spacial score (nSPS) is 33.0. The summed E-state index contributed by atoms with van der Waals surface area (Å²) in [6.07, 6.45) is 6.84. The van der Waals surface area contributed by atoms with E-state index in [4.69, 9.17) is 4.74 Å². The smallest absolute Gasteiger partial charge is 0.127 e. The molecule has 3 rings (SSSR count). The summed E-state index contributed by atoms with van der Waals surface area (Å²) in [7, 11) is 0. The zero-order valence-electron chi connectivity index (χ0n) is 16.3. The van der Waals surface area contributed by atoms with Crippen LogP contribution in [-0.2, 0) is 4.74 Å². The Hall–Kier alpha value is -0.670. The number of hydrogen-bond donors (Lipinski definition) is 0. The Kier molecular flexibility index (Phi) is 6.73. The zero-order valence-corrected chi connectivity index (χ0v) is 16.3. The Labute approximate surface area is 153 Å². The Morgan fingerprint density at radius 2 is 1.80 bits per heavy atom. The van der Waals surface area contributed by atoms with Crippen molar-refractivity contribution in [2.45, 2.75) is 70.1 Å². The Morgan fingerprint density at radius 1 is 1.04 bits per heavy atom. The van der Waals surface area contributed by atoms with Crippen LogP contribution in [-0.4, -0.2) is 84.8 Å². The van der Waals surface area contributed by atoms with E-state index in [2.05, 4.69) is 34.6 Å². The van der Waals surface area contributed by atoms with Gasteiger partial charge in [-0.05, 0) is 65.5 Å². The van der Waals surface area contributed by atoms with Crippen LogP contribution in [0.15, 0.2) is 0 Å². The number of hydrogen-bond acceptors (Lipinski definition) is 5. The number of piperazine rings is 1. The SMILES string of the molecule is CC(C)N1CCN(CCCN2CCC[C@]3(CCCCO3)[C@H]2C#N)CC1. The van der Waals surface area contributed by atoms with Gasteiger partial charge in [-0.25, -0.2) is 0 Å². The molecule has 3 fully saturated rings. The van der Waals surface area contributed by atoms with Crippen LogP contribution in [0.25, 0.3) is 0 Å². The van der Waals surface area contributed by atoms with Gasteiger partial charge in [-0.15, -0.1) is 0 Å². The average molecular weight is 349 g/mol. The first-order valence-electron chi connectivity index (χ1n) is 10.4. The van der Waals surface area contributed by atoms with Crippen LogP contribution in [0.2, 0.25) is 0 Å². The van der Waals surface area contributed by atoms with Crippen molar-refractivity contribution in [3.63, 3.8) is 0 Å². The van der Waals surface area contributed by atoms with Crippen LogP contribution in [0.1, 0.15) is 52.4 Å². The van der Waals surface area contributed by atoms with E-state index >= 15 is 0 Å². The van der Waals surface area contributed by atoms with E-state index < -0.39 is 0 Å². The lowest BCUT2D eigenvalue weighted by molar-refractivity contribution is -0.136. The molecule has 142 valence electrons. The van der Waals surface area contributed by atoms with Gasteiger partial charge in [-0.1, -0.05) is 0 Å². The monoisotopic (exact) mass is 348 g/mol. The summed E-state index contributed by atoms with van der Waals surface area (Å²) in [4.78, 5) is 7.58. The first kappa shape index (κ1) is 19.1. The summed E-state index contributed by atoms with van der Waals surface area (Å²) in [6, 6.07) is 3.22.